The van der Waals surface area contributed by atoms with Crippen molar-refractivity contribution in [2.75, 3.05) is 5.32 Å². The third kappa shape index (κ3) is 2.80. The van der Waals surface area contributed by atoms with E-state index >= 15 is 0 Å². The van der Waals surface area contributed by atoms with Gasteiger partial charge in [0.25, 0.3) is 0 Å². The Bertz CT molecular complexity index is 657. The second-order valence-corrected chi connectivity index (χ2v) is 4.09. The first-order valence-electron chi connectivity index (χ1n) is 5.12. The van der Waals surface area contributed by atoms with Crippen LogP contribution in [0.15, 0.2) is 30.3 Å². The van der Waals surface area contributed by atoms with Crippen molar-refractivity contribution in [1.29, 1.82) is 5.26 Å². The molecule has 0 aromatic heterocycles. The summed E-state index contributed by atoms with van der Waals surface area (Å²) in [6.07, 6.45) is 0. The molecule has 0 unspecified atom stereocenters. The Labute approximate surface area is 112 Å². The first-order chi connectivity index (χ1) is 9.01. The van der Waals surface area contributed by atoms with Crippen LogP contribution < -0.4 is 5.32 Å². The molecule has 2 rings (SSSR count). The van der Waals surface area contributed by atoms with E-state index < -0.39 is 23.1 Å². The summed E-state index contributed by atoms with van der Waals surface area (Å²) in [5.41, 5.74) is -0.326. The van der Waals surface area contributed by atoms with Gasteiger partial charge in [0, 0.05) is 5.69 Å². The average Bonchev–Trinajstić information content (AvgIpc) is 2.37. The molecule has 0 atom stereocenters. The third-order valence-electron chi connectivity index (χ3n) is 2.36. The molecule has 1 N–H and O–H groups in total. The molecule has 0 aliphatic heterocycles. The molecule has 6 heteroatoms. The van der Waals surface area contributed by atoms with Gasteiger partial charge < -0.3 is 5.32 Å². The molecule has 2 nitrogen and oxygen atoms in total. The molecule has 0 amide bonds. The lowest BCUT2D eigenvalue weighted by Crippen LogP contribution is -1.99. The Morgan fingerprint density at radius 2 is 1.63 bits per heavy atom. The molecule has 0 fully saturated rings. The maximum absolute atomic E-state index is 13.6. The molecule has 0 aliphatic carbocycles. The zero-order valence-electron chi connectivity index (χ0n) is 9.35. The van der Waals surface area contributed by atoms with E-state index in [1.807, 2.05) is 0 Å². The zero-order valence-corrected chi connectivity index (χ0v) is 10.1. The monoisotopic (exact) mass is 282 g/mol. The summed E-state index contributed by atoms with van der Waals surface area (Å²) in [6.45, 7) is 0. The Hall–Kier alpha value is -2.19. The van der Waals surface area contributed by atoms with Crippen LogP contribution in [0.2, 0.25) is 5.02 Å². The summed E-state index contributed by atoms with van der Waals surface area (Å²) in [7, 11) is 0. The van der Waals surface area contributed by atoms with Crippen molar-refractivity contribution in [1.82, 2.24) is 0 Å². The summed E-state index contributed by atoms with van der Waals surface area (Å²) in [5, 5.41) is 10.9. The highest BCUT2D eigenvalue weighted by atomic mass is 35.5. The molecule has 96 valence electrons. The number of anilines is 2. The van der Waals surface area contributed by atoms with Crippen LogP contribution in [-0.4, -0.2) is 0 Å². The van der Waals surface area contributed by atoms with Crippen LogP contribution in [0.4, 0.5) is 24.5 Å². The number of nitriles is 1. The largest absolute Gasteiger partial charge is 0.351 e. The lowest BCUT2D eigenvalue weighted by Gasteiger charge is -2.09. The van der Waals surface area contributed by atoms with Gasteiger partial charge in [-0.15, -0.1) is 0 Å². The molecule has 0 bridgehead atoms. The van der Waals surface area contributed by atoms with Gasteiger partial charge in [-0.1, -0.05) is 11.6 Å². The fraction of sp³-hybridized carbons (Fsp3) is 0. The first kappa shape index (κ1) is 13.2. The number of benzene rings is 2. The van der Waals surface area contributed by atoms with Gasteiger partial charge in [0.2, 0.25) is 0 Å². The highest BCUT2D eigenvalue weighted by Gasteiger charge is 2.12. The fourth-order valence-corrected chi connectivity index (χ4v) is 1.66. The van der Waals surface area contributed by atoms with Gasteiger partial charge in [0.05, 0.1) is 16.7 Å². The van der Waals surface area contributed by atoms with Gasteiger partial charge in [-0.3, -0.25) is 0 Å². The quantitative estimate of drug-likeness (QED) is 0.887. The van der Waals surface area contributed by atoms with Crippen LogP contribution in [0.25, 0.3) is 0 Å². The Kier molecular flexibility index (Phi) is 3.63. The van der Waals surface area contributed by atoms with Crippen LogP contribution in [0.3, 0.4) is 0 Å². The highest BCUT2D eigenvalue weighted by Crippen LogP contribution is 2.27. The van der Waals surface area contributed by atoms with Crippen LogP contribution >= 0.6 is 11.6 Å². The Morgan fingerprint density at radius 1 is 1.00 bits per heavy atom. The van der Waals surface area contributed by atoms with Gasteiger partial charge in [-0.05, 0) is 30.3 Å². The Morgan fingerprint density at radius 3 is 2.16 bits per heavy atom. The molecular formula is C13H6ClF3N2. The number of hydrogen-bond acceptors (Lipinski definition) is 2. The van der Waals surface area contributed by atoms with E-state index in [2.05, 4.69) is 5.32 Å². The molecule has 0 radical (unpaired) electrons. The molecule has 0 saturated carbocycles. The van der Waals surface area contributed by atoms with Crippen LogP contribution in [0, 0.1) is 28.8 Å². The number of nitrogens with zero attached hydrogens (tertiary/aromatic N) is 1. The maximum Gasteiger partial charge on any atom is 0.150 e. The molecule has 2 aromatic carbocycles. The number of hydrogen-bond donors (Lipinski definition) is 1. The molecule has 0 heterocycles. The van der Waals surface area contributed by atoms with Crippen LogP contribution in [0.5, 0.6) is 0 Å². The summed E-state index contributed by atoms with van der Waals surface area (Å²) < 4.78 is 40.2. The van der Waals surface area contributed by atoms with E-state index in [0.29, 0.717) is 0 Å². The first-order valence-corrected chi connectivity index (χ1v) is 5.50. The lowest BCUT2D eigenvalue weighted by atomic mass is 10.2. The van der Waals surface area contributed by atoms with Crippen molar-refractivity contribution >= 4 is 23.0 Å². The molecule has 0 saturated heterocycles. The van der Waals surface area contributed by atoms with E-state index in [4.69, 9.17) is 16.9 Å². The van der Waals surface area contributed by atoms with Crippen molar-refractivity contribution in [3.8, 4) is 6.07 Å². The third-order valence-corrected chi connectivity index (χ3v) is 2.65. The van der Waals surface area contributed by atoms with Gasteiger partial charge in [0.1, 0.15) is 11.5 Å². The van der Waals surface area contributed by atoms with Gasteiger partial charge in [-0.2, -0.15) is 5.26 Å². The van der Waals surface area contributed by atoms with E-state index in [1.165, 1.54) is 12.1 Å². The fourth-order valence-electron chi connectivity index (χ4n) is 1.48. The lowest BCUT2D eigenvalue weighted by molar-refractivity contribution is 0.590. The SMILES string of the molecule is N#Cc1cc(F)c(Nc2ccc(F)c(Cl)c2)c(F)c1. The number of nitrogens with one attached hydrogen (secondary N) is 1. The topological polar surface area (TPSA) is 35.8 Å². The zero-order chi connectivity index (χ0) is 14.0. The standard InChI is InChI=1S/C13H6ClF3N2/c14-9-5-8(1-2-10(9)15)19-13-11(16)3-7(6-18)4-12(13)17/h1-5,19H. The van der Waals surface area contributed by atoms with Crippen molar-refractivity contribution < 1.29 is 13.2 Å². The van der Waals surface area contributed by atoms with Crippen LogP contribution in [0.1, 0.15) is 5.56 Å². The van der Waals surface area contributed by atoms with Gasteiger partial charge in [0.15, 0.2) is 11.6 Å². The van der Waals surface area contributed by atoms with Crippen molar-refractivity contribution in [2.45, 2.75) is 0 Å². The van der Waals surface area contributed by atoms with Gasteiger partial charge >= 0.3 is 0 Å². The second kappa shape index (κ2) is 5.21. The molecule has 19 heavy (non-hydrogen) atoms. The van der Waals surface area contributed by atoms with E-state index in [0.717, 1.165) is 18.2 Å². The second-order valence-electron chi connectivity index (χ2n) is 3.68. The normalized spacial score (nSPS) is 10.1. The van der Waals surface area contributed by atoms with E-state index in [1.54, 1.807) is 6.07 Å². The maximum atomic E-state index is 13.6. The molecular weight excluding hydrogens is 277 g/mol. The summed E-state index contributed by atoms with van der Waals surface area (Å²) in [6, 6.07) is 7.00. The van der Waals surface area contributed by atoms with Gasteiger partial charge in [-0.25, -0.2) is 13.2 Å². The summed E-state index contributed by atoms with van der Waals surface area (Å²) in [4.78, 5) is 0. The van der Waals surface area contributed by atoms with Crippen molar-refractivity contribution in [3.63, 3.8) is 0 Å². The smallest absolute Gasteiger partial charge is 0.150 e. The predicted octanol–water partition coefficient (Wildman–Crippen LogP) is 4.37. The number of halogens is 4. The highest BCUT2D eigenvalue weighted by molar-refractivity contribution is 6.31. The number of rotatable bonds is 2. The minimum absolute atomic E-state index is 0.127. The van der Waals surface area contributed by atoms with E-state index in [9.17, 15) is 13.2 Å². The minimum Gasteiger partial charge on any atom is -0.351 e. The summed E-state index contributed by atoms with van der Waals surface area (Å²) in [5.74, 6) is -2.47. The molecule has 2 aromatic rings. The molecule has 0 spiro atoms. The van der Waals surface area contributed by atoms with Crippen LogP contribution in [-0.2, 0) is 0 Å². The van der Waals surface area contributed by atoms with Crippen molar-refractivity contribution in [3.05, 3.63) is 58.4 Å². The average molecular weight is 283 g/mol. The van der Waals surface area contributed by atoms with E-state index in [-0.39, 0.29) is 16.3 Å². The molecule has 0 aliphatic rings. The minimum atomic E-state index is -0.919. The summed E-state index contributed by atoms with van der Waals surface area (Å²) >= 11 is 5.56. The Balaban J connectivity index is 2.38. The predicted molar refractivity (Wildman–Crippen MR) is 65.8 cm³/mol. The van der Waals surface area contributed by atoms with Crippen molar-refractivity contribution in [2.24, 2.45) is 0 Å².